The van der Waals surface area contributed by atoms with Gasteiger partial charge in [-0.05, 0) is 18.8 Å². The summed E-state index contributed by atoms with van der Waals surface area (Å²) in [6.45, 7) is 4.48. The Morgan fingerprint density at radius 1 is 1.09 bits per heavy atom. The molecule has 0 bridgehead atoms. The van der Waals surface area contributed by atoms with Crippen LogP contribution in [-0.2, 0) is 0 Å². The zero-order chi connectivity index (χ0) is 7.61. The topological polar surface area (TPSA) is 26.0 Å². The summed E-state index contributed by atoms with van der Waals surface area (Å²) >= 11 is 0. The summed E-state index contributed by atoms with van der Waals surface area (Å²) in [5, 5.41) is 0. The van der Waals surface area contributed by atoms with E-state index >= 15 is 0 Å². The van der Waals surface area contributed by atoms with Crippen LogP contribution in [0.5, 0.6) is 0 Å². The van der Waals surface area contributed by atoms with Gasteiger partial charge >= 0.3 is 29.6 Å². The van der Waals surface area contributed by atoms with Gasteiger partial charge in [-0.15, -0.1) is 0 Å². The van der Waals surface area contributed by atoms with E-state index in [9.17, 15) is 0 Å². The first-order valence-electron chi connectivity index (χ1n) is 4.44. The molecule has 0 saturated heterocycles. The van der Waals surface area contributed by atoms with E-state index in [1.165, 1.54) is 32.1 Å². The van der Waals surface area contributed by atoms with E-state index in [4.69, 9.17) is 5.73 Å². The Hall–Kier alpha value is 0.960. The van der Waals surface area contributed by atoms with E-state index in [1.807, 2.05) is 0 Å². The molecule has 1 rings (SSSR count). The van der Waals surface area contributed by atoms with Crippen molar-refractivity contribution in [2.45, 2.75) is 51.5 Å². The number of rotatable bonds is 1. The molecule has 1 aliphatic rings. The molecule has 1 nitrogen and oxygen atoms in total. The van der Waals surface area contributed by atoms with Crippen LogP contribution in [-0.4, -0.2) is 35.1 Å². The van der Waals surface area contributed by atoms with Gasteiger partial charge in [0, 0.05) is 5.54 Å². The van der Waals surface area contributed by atoms with Crippen LogP contribution in [0.25, 0.3) is 0 Å². The average Bonchev–Trinajstić information content (AvgIpc) is 1.89. The molecule has 2 N–H and O–H groups in total. The minimum atomic E-state index is 0. The van der Waals surface area contributed by atoms with E-state index in [1.54, 1.807) is 0 Å². The SMILES string of the molecule is CC(C)C1(N)CCCCC1.[NaH]. The molecular weight excluding hydrogens is 145 g/mol. The summed E-state index contributed by atoms with van der Waals surface area (Å²) in [5.41, 5.74) is 6.38. The van der Waals surface area contributed by atoms with Gasteiger partial charge in [0.1, 0.15) is 0 Å². The van der Waals surface area contributed by atoms with Crippen molar-refractivity contribution in [1.82, 2.24) is 0 Å². The number of hydrogen-bond donors (Lipinski definition) is 1. The molecule has 1 fully saturated rings. The van der Waals surface area contributed by atoms with Crippen molar-refractivity contribution in [3.8, 4) is 0 Å². The van der Waals surface area contributed by atoms with Gasteiger partial charge in [-0.3, -0.25) is 0 Å². The monoisotopic (exact) mass is 165 g/mol. The van der Waals surface area contributed by atoms with Crippen molar-refractivity contribution in [2.24, 2.45) is 11.7 Å². The molecule has 0 spiro atoms. The van der Waals surface area contributed by atoms with Crippen LogP contribution < -0.4 is 5.73 Å². The Morgan fingerprint density at radius 2 is 1.55 bits per heavy atom. The third-order valence-electron chi connectivity index (χ3n) is 2.93. The quantitative estimate of drug-likeness (QED) is 0.587. The minimum absolute atomic E-state index is 0. The fourth-order valence-electron chi connectivity index (χ4n) is 1.79. The summed E-state index contributed by atoms with van der Waals surface area (Å²) in [6, 6.07) is 0. The van der Waals surface area contributed by atoms with Gasteiger partial charge in [-0.25, -0.2) is 0 Å². The molecule has 2 heteroatoms. The van der Waals surface area contributed by atoms with Gasteiger partial charge in [0.15, 0.2) is 0 Å². The Bertz CT molecular complexity index is 106. The number of hydrogen-bond acceptors (Lipinski definition) is 1. The number of nitrogens with two attached hydrogens (primary N) is 1. The van der Waals surface area contributed by atoms with Crippen LogP contribution in [0.1, 0.15) is 46.0 Å². The van der Waals surface area contributed by atoms with Crippen LogP contribution in [0.4, 0.5) is 0 Å². The third kappa shape index (κ3) is 3.06. The van der Waals surface area contributed by atoms with Crippen LogP contribution in [0.2, 0.25) is 0 Å². The first kappa shape index (κ1) is 12.0. The fourth-order valence-corrected chi connectivity index (χ4v) is 1.79. The molecule has 62 valence electrons. The molecule has 0 aromatic heterocycles. The Kier molecular flexibility index (Phi) is 5.28. The first-order valence-corrected chi connectivity index (χ1v) is 4.44. The summed E-state index contributed by atoms with van der Waals surface area (Å²) < 4.78 is 0. The van der Waals surface area contributed by atoms with Crippen LogP contribution in [0.15, 0.2) is 0 Å². The van der Waals surface area contributed by atoms with E-state index < -0.39 is 0 Å². The molecule has 0 aliphatic heterocycles. The van der Waals surface area contributed by atoms with Crippen molar-refractivity contribution < 1.29 is 0 Å². The van der Waals surface area contributed by atoms with Gasteiger partial charge in [0.2, 0.25) is 0 Å². The maximum absolute atomic E-state index is 6.20. The fraction of sp³-hybridized carbons (Fsp3) is 1.00. The predicted molar refractivity (Wildman–Crippen MR) is 52.0 cm³/mol. The second-order valence-electron chi connectivity index (χ2n) is 3.95. The first-order chi connectivity index (χ1) is 4.65. The van der Waals surface area contributed by atoms with E-state index in [-0.39, 0.29) is 35.1 Å². The molecule has 0 unspecified atom stereocenters. The molecular formula is C9H20NNa. The zero-order valence-electron chi connectivity index (χ0n) is 7.19. The third-order valence-corrected chi connectivity index (χ3v) is 2.93. The van der Waals surface area contributed by atoms with E-state index in [0.29, 0.717) is 5.92 Å². The second kappa shape index (κ2) is 4.86. The van der Waals surface area contributed by atoms with Crippen LogP contribution in [0, 0.1) is 5.92 Å². The van der Waals surface area contributed by atoms with Crippen molar-refractivity contribution in [2.75, 3.05) is 0 Å². The van der Waals surface area contributed by atoms with Gasteiger partial charge < -0.3 is 5.73 Å². The molecule has 1 saturated carbocycles. The van der Waals surface area contributed by atoms with Crippen LogP contribution >= 0.6 is 0 Å². The maximum atomic E-state index is 6.20. The summed E-state index contributed by atoms with van der Waals surface area (Å²) in [7, 11) is 0. The second-order valence-corrected chi connectivity index (χ2v) is 3.95. The van der Waals surface area contributed by atoms with Gasteiger partial charge in [-0.2, -0.15) is 0 Å². The van der Waals surface area contributed by atoms with Crippen molar-refractivity contribution in [3.05, 3.63) is 0 Å². The van der Waals surface area contributed by atoms with Gasteiger partial charge in [-0.1, -0.05) is 33.1 Å². The normalized spacial score (nSPS) is 22.9. The van der Waals surface area contributed by atoms with Crippen molar-refractivity contribution in [1.29, 1.82) is 0 Å². The molecule has 0 amide bonds. The molecule has 0 aromatic rings. The van der Waals surface area contributed by atoms with Crippen molar-refractivity contribution in [3.63, 3.8) is 0 Å². The summed E-state index contributed by atoms with van der Waals surface area (Å²) in [5.74, 6) is 0.660. The van der Waals surface area contributed by atoms with Gasteiger partial charge in [0.25, 0.3) is 0 Å². The molecule has 0 heterocycles. The van der Waals surface area contributed by atoms with E-state index in [0.717, 1.165) is 0 Å². The molecule has 1 aliphatic carbocycles. The summed E-state index contributed by atoms with van der Waals surface area (Å²) in [4.78, 5) is 0. The van der Waals surface area contributed by atoms with Gasteiger partial charge in [0.05, 0.1) is 0 Å². The Labute approximate surface area is 92.4 Å². The molecule has 0 aromatic carbocycles. The predicted octanol–water partition coefficient (Wildman–Crippen LogP) is 1.66. The van der Waals surface area contributed by atoms with Crippen molar-refractivity contribution >= 4 is 29.6 Å². The molecule has 0 radical (unpaired) electrons. The van der Waals surface area contributed by atoms with E-state index in [2.05, 4.69) is 13.8 Å². The molecule has 11 heavy (non-hydrogen) atoms. The Morgan fingerprint density at radius 3 is 1.82 bits per heavy atom. The summed E-state index contributed by atoms with van der Waals surface area (Å²) in [6.07, 6.45) is 6.56. The standard InChI is InChI=1S/C9H19N.Na.H/c1-8(2)9(10)6-4-3-5-7-9;;/h8H,3-7,10H2,1-2H3;;. The Balaban J connectivity index is 0.000001000. The average molecular weight is 165 g/mol. The zero-order valence-corrected chi connectivity index (χ0v) is 7.19. The van der Waals surface area contributed by atoms with Crippen LogP contribution in [0.3, 0.4) is 0 Å². The molecule has 0 atom stereocenters.